The van der Waals surface area contributed by atoms with E-state index < -0.39 is 0 Å². The van der Waals surface area contributed by atoms with Gasteiger partial charge in [0, 0.05) is 17.5 Å². The lowest BCUT2D eigenvalue weighted by Crippen LogP contribution is -2.53. The van der Waals surface area contributed by atoms with Crippen molar-refractivity contribution in [3.63, 3.8) is 0 Å². The van der Waals surface area contributed by atoms with Crippen LogP contribution in [-0.2, 0) is 4.79 Å². The number of hydrogen-bond acceptors (Lipinski definition) is 1. The second-order valence-corrected chi connectivity index (χ2v) is 6.93. The van der Waals surface area contributed by atoms with Gasteiger partial charge in [-0.15, -0.1) is 0 Å². The molecule has 3 unspecified atom stereocenters. The summed E-state index contributed by atoms with van der Waals surface area (Å²) in [5.74, 6) is 0.847. The maximum absolute atomic E-state index is 12.5. The Balaban J connectivity index is 1.99. The first-order valence-corrected chi connectivity index (χ1v) is 8.45. The van der Waals surface area contributed by atoms with Crippen LogP contribution in [0.3, 0.4) is 0 Å². The molecule has 0 aromatic rings. The van der Waals surface area contributed by atoms with Crippen molar-refractivity contribution in [2.45, 2.75) is 96.6 Å². The molecule has 1 saturated carbocycles. The molecule has 19 heavy (non-hydrogen) atoms. The van der Waals surface area contributed by atoms with Gasteiger partial charge in [0.1, 0.15) is 0 Å². The van der Waals surface area contributed by atoms with E-state index in [-0.39, 0.29) is 5.54 Å². The van der Waals surface area contributed by atoms with E-state index in [0.29, 0.717) is 17.9 Å². The molecule has 0 radical (unpaired) electrons. The lowest BCUT2D eigenvalue weighted by Gasteiger charge is -2.44. The summed E-state index contributed by atoms with van der Waals surface area (Å²) in [4.78, 5) is 14.8. The average molecular weight is 265 g/mol. The summed E-state index contributed by atoms with van der Waals surface area (Å²) < 4.78 is 0. The molecule has 2 heteroatoms. The minimum atomic E-state index is 0.138. The van der Waals surface area contributed by atoms with Crippen LogP contribution in [0.4, 0.5) is 0 Å². The smallest absolute Gasteiger partial charge is 0.226 e. The first-order valence-electron chi connectivity index (χ1n) is 8.45. The van der Waals surface area contributed by atoms with Crippen LogP contribution >= 0.6 is 0 Å². The molecule has 2 rings (SSSR count). The van der Waals surface area contributed by atoms with Crippen LogP contribution in [0.15, 0.2) is 0 Å². The van der Waals surface area contributed by atoms with Gasteiger partial charge in [0.15, 0.2) is 0 Å². The van der Waals surface area contributed by atoms with E-state index in [1.54, 1.807) is 0 Å². The van der Waals surface area contributed by atoms with Crippen molar-refractivity contribution in [3.05, 3.63) is 0 Å². The highest BCUT2D eigenvalue weighted by molar-refractivity contribution is 5.83. The van der Waals surface area contributed by atoms with Gasteiger partial charge in [0.25, 0.3) is 0 Å². The number of carbonyl (C=O) groups excluding carboxylic acids is 1. The topological polar surface area (TPSA) is 20.3 Å². The summed E-state index contributed by atoms with van der Waals surface area (Å²) in [5.41, 5.74) is 0.138. The van der Waals surface area contributed by atoms with Crippen LogP contribution in [0.5, 0.6) is 0 Å². The number of amides is 1. The predicted octanol–water partition coefficient (Wildman–Crippen LogP) is 4.53. The first kappa shape index (κ1) is 14.9. The van der Waals surface area contributed by atoms with Crippen LogP contribution in [0.2, 0.25) is 0 Å². The minimum Gasteiger partial charge on any atom is -0.334 e. The van der Waals surface area contributed by atoms with Gasteiger partial charge >= 0.3 is 0 Å². The molecule has 1 heterocycles. The average Bonchev–Trinajstić information content (AvgIpc) is 2.95. The third kappa shape index (κ3) is 2.98. The van der Waals surface area contributed by atoms with Crippen molar-refractivity contribution in [1.29, 1.82) is 0 Å². The molecule has 1 amide bonds. The number of unbranched alkanes of at least 4 members (excludes halogenated alkanes) is 3. The molecule has 2 fully saturated rings. The molecule has 0 aromatic heterocycles. The number of fused-ring (bicyclic) bond motifs is 2. The van der Waals surface area contributed by atoms with Gasteiger partial charge < -0.3 is 4.90 Å². The summed E-state index contributed by atoms with van der Waals surface area (Å²) in [5, 5.41) is 0. The molecule has 2 nitrogen and oxygen atoms in total. The summed E-state index contributed by atoms with van der Waals surface area (Å²) in [7, 11) is 0. The van der Waals surface area contributed by atoms with E-state index in [1.165, 1.54) is 51.4 Å². The molecular formula is C17H31NO. The van der Waals surface area contributed by atoms with E-state index in [1.807, 2.05) is 0 Å². The van der Waals surface area contributed by atoms with Crippen molar-refractivity contribution in [2.75, 3.05) is 0 Å². The van der Waals surface area contributed by atoms with Crippen LogP contribution in [0.25, 0.3) is 0 Å². The molecule has 3 atom stereocenters. The fourth-order valence-electron chi connectivity index (χ4n) is 4.34. The summed E-state index contributed by atoms with van der Waals surface area (Å²) in [6.45, 7) is 6.86. The molecule has 1 saturated heterocycles. The number of rotatable bonds is 8. The van der Waals surface area contributed by atoms with Gasteiger partial charge in [-0.2, -0.15) is 0 Å². The largest absolute Gasteiger partial charge is 0.334 e. The van der Waals surface area contributed by atoms with Gasteiger partial charge in [0.05, 0.1) is 0 Å². The Morgan fingerprint density at radius 2 is 1.89 bits per heavy atom. The molecule has 1 aliphatic heterocycles. The van der Waals surface area contributed by atoms with Gasteiger partial charge in [0.2, 0.25) is 5.91 Å². The normalized spacial score (nSPS) is 29.0. The third-order valence-corrected chi connectivity index (χ3v) is 5.30. The molecule has 1 aliphatic carbocycles. The van der Waals surface area contributed by atoms with E-state index in [9.17, 15) is 4.79 Å². The Morgan fingerprint density at radius 1 is 1.11 bits per heavy atom. The second kappa shape index (κ2) is 6.28. The number of piperidine rings is 1. The molecule has 2 aliphatic rings. The molecule has 2 bridgehead atoms. The number of hydrogen-bond donors (Lipinski definition) is 0. The fourth-order valence-corrected chi connectivity index (χ4v) is 4.34. The van der Waals surface area contributed by atoms with Gasteiger partial charge in [-0.25, -0.2) is 0 Å². The summed E-state index contributed by atoms with van der Waals surface area (Å²) >= 11 is 0. The zero-order chi connectivity index (χ0) is 13.9. The van der Waals surface area contributed by atoms with E-state index >= 15 is 0 Å². The lowest BCUT2D eigenvalue weighted by molar-refractivity contribution is -0.141. The van der Waals surface area contributed by atoms with Crippen LogP contribution < -0.4 is 0 Å². The Bertz CT molecular complexity index is 314. The number of carbonyl (C=O) groups is 1. The minimum absolute atomic E-state index is 0.138. The number of nitrogens with zero attached hydrogens (tertiary/aromatic N) is 1. The maximum atomic E-state index is 12.5. The Morgan fingerprint density at radius 3 is 2.47 bits per heavy atom. The highest BCUT2D eigenvalue weighted by Gasteiger charge is 2.50. The number of likely N-dealkylation sites (tertiary alicyclic amines) is 1. The first-order chi connectivity index (χ1) is 9.12. The van der Waals surface area contributed by atoms with Crippen LogP contribution in [0, 0.1) is 5.92 Å². The maximum Gasteiger partial charge on any atom is 0.226 e. The standard InChI is InChI=1S/C17H31NO/c1-4-6-7-8-12-17(3,11-5-2)18-15-10-9-14(13-15)16(18)19/h14-15H,4-13H2,1-3H3. The zero-order valence-electron chi connectivity index (χ0n) is 13.1. The fraction of sp³-hybridized carbons (Fsp3) is 0.941. The van der Waals surface area contributed by atoms with Crippen molar-refractivity contribution in [3.8, 4) is 0 Å². The Hall–Kier alpha value is -0.530. The van der Waals surface area contributed by atoms with Gasteiger partial charge in [-0.3, -0.25) is 4.79 Å². The Labute approximate surface area is 118 Å². The molecule has 0 aromatic carbocycles. The molecule has 0 N–H and O–H groups in total. The van der Waals surface area contributed by atoms with E-state index in [4.69, 9.17) is 0 Å². The summed E-state index contributed by atoms with van der Waals surface area (Å²) in [6, 6.07) is 0.570. The van der Waals surface area contributed by atoms with Crippen LogP contribution in [0.1, 0.15) is 85.0 Å². The van der Waals surface area contributed by atoms with Gasteiger partial charge in [-0.1, -0.05) is 46.0 Å². The zero-order valence-corrected chi connectivity index (χ0v) is 13.1. The highest BCUT2D eigenvalue weighted by atomic mass is 16.2. The second-order valence-electron chi connectivity index (χ2n) is 6.93. The van der Waals surface area contributed by atoms with Gasteiger partial charge in [-0.05, 0) is 39.0 Å². The lowest BCUT2D eigenvalue weighted by atomic mass is 9.86. The van der Waals surface area contributed by atoms with Crippen molar-refractivity contribution < 1.29 is 4.79 Å². The summed E-state index contributed by atoms with van der Waals surface area (Å²) in [6.07, 6.45) is 12.3. The third-order valence-electron chi connectivity index (χ3n) is 5.30. The van der Waals surface area contributed by atoms with Crippen molar-refractivity contribution in [1.82, 2.24) is 4.90 Å². The molecule has 110 valence electrons. The highest BCUT2D eigenvalue weighted by Crippen LogP contribution is 2.45. The van der Waals surface area contributed by atoms with Crippen molar-refractivity contribution >= 4 is 5.91 Å². The monoisotopic (exact) mass is 265 g/mol. The quantitative estimate of drug-likeness (QED) is 0.591. The predicted molar refractivity (Wildman–Crippen MR) is 80.0 cm³/mol. The van der Waals surface area contributed by atoms with E-state index in [0.717, 1.165) is 12.8 Å². The molecule has 0 spiro atoms. The van der Waals surface area contributed by atoms with Crippen molar-refractivity contribution in [2.24, 2.45) is 5.92 Å². The Kier molecular flexibility index (Phi) is 4.92. The molecular weight excluding hydrogens is 234 g/mol. The van der Waals surface area contributed by atoms with Crippen LogP contribution in [-0.4, -0.2) is 22.4 Å². The SMILES string of the molecule is CCCCCCC(C)(CCC)N1C(=O)C2CCC1C2. The van der Waals surface area contributed by atoms with E-state index in [2.05, 4.69) is 25.7 Å².